The van der Waals surface area contributed by atoms with Crippen LogP contribution in [0.15, 0.2) is 47.3 Å². The van der Waals surface area contributed by atoms with E-state index in [0.29, 0.717) is 11.8 Å². The fourth-order valence-corrected chi connectivity index (χ4v) is 2.83. The highest BCUT2D eigenvalue weighted by Gasteiger charge is 2.32. The molecule has 0 atom stereocenters. The number of carbonyl (C=O) groups excluding carboxylic acids is 1. The number of aryl methyl sites for hydroxylation is 1. The van der Waals surface area contributed by atoms with Gasteiger partial charge in [-0.2, -0.15) is 18.3 Å². The number of hydrogen-bond donors (Lipinski definition) is 2. The van der Waals surface area contributed by atoms with Crippen molar-refractivity contribution in [1.82, 2.24) is 20.1 Å². The van der Waals surface area contributed by atoms with Crippen LogP contribution in [0.5, 0.6) is 0 Å². The van der Waals surface area contributed by atoms with Gasteiger partial charge in [-0.1, -0.05) is 18.2 Å². The maximum Gasteiger partial charge on any atom is 0.431 e. The van der Waals surface area contributed by atoms with Gasteiger partial charge in [-0.05, 0) is 38.1 Å². The molecule has 0 radical (unpaired) electrons. The highest BCUT2D eigenvalue weighted by atomic mass is 19.4. The minimum Gasteiger partial charge on any atom is -0.348 e. The molecule has 0 aliphatic rings. The van der Waals surface area contributed by atoms with Gasteiger partial charge in [0.25, 0.3) is 11.5 Å². The average molecular weight is 390 g/mol. The molecule has 28 heavy (non-hydrogen) atoms. The van der Waals surface area contributed by atoms with Gasteiger partial charge in [0.2, 0.25) is 0 Å². The maximum absolute atomic E-state index is 12.6. The van der Waals surface area contributed by atoms with Crippen molar-refractivity contribution < 1.29 is 18.0 Å². The van der Waals surface area contributed by atoms with Crippen LogP contribution in [-0.4, -0.2) is 20.7 Å². The number of amides is 1. The zero-order chi connectivity index (χ0) is 20.5. The molecule has 0 saturated carbocycles. The Morgan fingerprint density at radius 2 is 1.82 bits per heavy atom. The van der Waals surface area contributed by atoms with Crippen LogP contribution in [0.1, 0.15) is 33.0 Å². The second-order valence-corrected chi connectivity index (χ2v) is 6.19. The summed E-state index contributed by atoms with van der Waals surface area (Å²) in [6, 6.07) is 11.0. The number of H-pyrrole nitrogens is 1. The summed E-state index contributed by atoms with van der Waals surface area (Å²) < 4.78 is 39.6. The molecule has 3 aromatic rings. The van der Waals surface area contributed by atoms with Crippen LogP contribution >= 0.6 is 0 Å². The topological polar surface area (TPSA) is 79.8 Å². The summed E-state index contributed by atoms with van der Waals surface area (Å²) in [6.45, 7) is 3.72. The van der Waals surface area contributed by atoms with Crippen LogP contribution in [-0.2, 0) is 12.7 Å². The Morgan fingerprint density at radius 1 is 1.14 bits per heavy atom. The van der Waals surface area contributed by atoms with E-state index in [2.05, 4.69) is 10.4 Å². The van der Waals surface area contributed by atoms with Crippen LogP contribution in [0.25, 0.3) is 5.69 Å². The third-order valence-electron chi connectivity index (χ3n) is 4.33. The van der Waals surface area contributed by atoms with Gasteiger partial charge in [-0.15, -0.1) is 0 Å². The second-order valence-electron chi connectivity index (χ2n) is 6.19. The van der Waals surface area contributed by atoms with E-state index in [1.807, 2.05) is 37.3 Å². The van der Waals surface area contributed by atoms with Gasteiger partial charge < -0.3 is 10.3 Å². The first kappa shape index (κ1) is 19.4. The van der Waals surface area contributed by atoms with Crippen molar-refractivity contribution in [2.24, 2.45) is 0 Å². The molecule has 6 nitrogen and oxygen atoms in total. The molecular formula is C19H17F3N4O2. The van der Waals surface area contributed by atoms with E-state index in [4.69, 9.17) is 0 Å². The largest absolute Gasteiger partial charge is 0.431 e. The monoisotopic (exact) mass is 390 g/mol. The van der Waals surface area contributed by atoms with E-state index in [9.17, 15) is 22.8 Å². The molecule has 0 unspecified atom stereocenters. The average Bonchev–Trinajstić information content (AvgIpc) is 2.93. The van der Waals surface area contributed by atoms with Gasteiger partial charge in [-0.3, -0.25) is 9.59 Å². The number of alkyl halides is 3. The highest BCUT2D eigenvalue weighted by Crippen LogP contribution is 2.26. The lowest BCUT2D eigenvalue weighted by Crippen LogP contribution is -2.30. The molecule has 3 rings (SSSR count). The number of rotatable bonds is 4. The lowest BCUT2D eigenvalue weighted by Gasteiger charge is -2.09. The fourth-order valence-electron chi connectivity index (χ4n) is 2.83. The summed E-state index contributed by atoms with van der Waals surface area (Å²) in [7, 11) is 0. The van der Waals surface area contributed by atoms with Crippen molar-refractivity contribution in [1.29, 1.82) is 0 Å². The quantitative estimate of drug-likeness (QED) is 0.718. The Kier molecular flexibility index (Phi) is 5.08. The molecule has 1 aromatic carbocycles. The number of halogens is 3. The third kappa shape index (κ3) is 3.83. The predicted molar refractivity (Wildman–Crippen MR) is 96.3 cm³/mol. The predicted octanol–water partition coefficient (Wildman–Crippen LogP) is 3.13. The maximum atomic E-state index is 12.6. The van der Waals surface area contributed by atoms with Gasteiger partial charge in [0.05, 0.1) is 11.4 Å². The van der Waals surface area contributed by atoms with Crippen molar-refractivity contribution in [3.05, 3.63) is 81.0 Å². The number of pyridine rings is 1. The second kappa shape index (κ2) is 7.34. The number of para-hydroxylation sites is 1. The van der Waals surface area contributed by atoms with E-state index in [1.165, 1.54) is 0 Å². The SMILES string of the molecule is Cc1nn(-c2ccccc2)c(C)c1CNC(=O)c1ccc(C(F)(F)F)[nH]c1=O. The zero-order valence-electron chi connectivity index (χ0n) is 15.1. The molecule has 2 heterocycles. The van der Waals surface area contributed by atoms with Crippen molar-refractivity contribution >= 4 is 5.91 Å². The molecule has 0 bridgehead atoms. The molecule has 1 amide bonds. The Morgan fingerprint density at radius 3 is 2.43 bits per heavy atom. The van der Waals surface area contributed by atoms with Gasteiger partial charge in [0.15, 0.2) is 0 Å². The minimum absolute atomic E-state index is 0.0871. The van der Waals surface area contributed by atoms with Gasteiger partial charge >= 0.3 is 6.18 Å². The molecule has 0 aliphatic heterocycles. The van der Waals surface area contributed by atoms with Crippen LogP contribution in [0.2, 0.25) is 0 Å². The van der Waals surface area contributed by atoms with Gasteiger partial charge in [0, 0.05) is 17.8 Å². The number of aromatic nitrogens is 3. The molecule has 2 aromatic heterocycles. The number of nitrogens with zero attached hydrogens (tertiary/aromatic N) is 2. The first-order valence-corrected chi connectivity index (χ1v) is 8.37. The molecule has 0 spiro atoms. The lowest BCUT2D eigenvalue weighted by atomic mass is 10.1. The molecule has 0 fully saturated rings. The van der Waals surface area contributed by atoms with Gasteiger partial charge in [-0.25, -0.2) is 4.68 Å². The number of aromatic amines is 1. The summed E-state index contributed by atoms with van der Waals surface area (Å²) >= 11 is 0. The minimum atomic E-state index is -4.69. The molecular weight excluding hydrogens is 373 g/mol. The summed E-state index contributed by atoms with van der Waals surface area (Å²) in [5.74, 6) is -0.763. The first-order chi connectivity index (χ1) is 13.2. The Hall–Kier alpha value is -3.36. The molecule has 2 N–H and O–H groups in total. The van der Waals surface area contributed by atoms with Gasteiger partial charge in [0.1, 0.15) is 11.3 Å². The number of benzene rings is 1. The Labute approximate surface area is 158 Å². The lowest BCUT2D eigenvalue weighted by molar-refractivity contribution is -0.141. The summed E-state index contributed by atoms with van der Waals surface area (Å²) in [6.07, 6.45) is -4.69. The van der Waals surface area contributed by atoms with E-state index >= 15 is 0 Å². The van der Waals surface area contributed by atoms with Crippen LogP contribution in [0.3, 0.4) is 0 Å². The third-order valence-corrected chi connectivity index (χ3v) is 4.33. The summed E-state index contributed by atoms with van der Waals surface area (Å²) in [5, 5.41) is 7.03. The summed E-state index contributed by atoms with van der Waals surface area (Å²) in [4.78, 5) is 25.8. The van der Waals surface area contributed by atoms with Crippen LogP contribution < -0.4 is 10.9 Å². The van der Waals surface area contributed by atoms with Crippen LogP contribution in [0, 0.1) is 13.8 Å². The van der Waals surface area contributed by atoms with E-state index in [1.54, 1.807) is 16.6 Å². The first-order valence-electron chi connectivity index (χ1n) is 8.37. The fraction of sp³-hybridized carbons (Fsp3) is 0.211. The Bertz CT molecular complexity index is 1070. The van der Waals surface area contributed by atoms with E-state index in [0.717, 1.165) is 23.0 Å². The van der Waals surface area contributed by atoms with Crippen molar-refractivity contribution in [2.75, 3.05) is 0 Å². The molecule has 9 heteroatoms. The standard InChI is InChI=1S/C19H17F3N4O2/c1-11-15(12(2)26(25-11)13-6-4-3-5-7-13)10-23-17(27)14-8-9-16(19(20,21)22)24-18(14)28/h3-9H,10H2,1-2H3,(H,23,27)(H,24,28). The summed E-state index contributed by atoms with van der Waals surface area (Å²) in [5.41, 5.74) is 0.443. The zero-order valence-corrected chi connectivity index (χ0v) is 15.1. The highest BCUT2D eigenvalue weighted by molar-refractivity contribution is 5.93. The normalized spacial score (nSPS) is 11.5. The van der Waals surface area contributed by atoms with Crippen LogP contribution in [0.4, 0.5) is 13.2 Å². The molecule has 146 valence electrons. The smallest absolute Gasteiger partial charge is 0.348 e. The van der Waals surface area contributed by atoms with Crippen molar-refractivity contribution in [3.8, 4) is 5.69 Å². The number of hydrogen-bond acceptors (Lipinski definition) is 3. The molecule has 0 aliphatic carbocycles. The Balaban J connectivity index is 1.79. The van der Waals surface area contributed by atoms with Crippen molar-refractivity contribution in [2.45, 2.75) is 26.6 Å². The molecule has 0 saturated heterocycles. The number of nitrogens with one attached hydrogen (secondary N) is 2. The number of carbonyl (C=O) groups is 1. The van der Waals surface area contributed by atoms with E-state index in [-0.39, 0.29) is 6.54 Å². The van der Waals surface area contributed by atoms with E-state index < -0.39 is 28.9 Å². The van der Waals surface area contributed by atoms with Crippen molar-refractivity contribution in [3.63, 3.8) is 0 Å².